The second-order valence-electron chi connectivity index (χ2n) is 11.4. The van der Waals surface area contributed by atoms with E-state index in [4.69, 9.17) is 34.7 Å². The molecule has 2 aliphatic heterocycles. The maximum absolute atomic E-state index is 9.00. The summed E-state index contributed by atoms with van der Waals surface area (Å²) in [5.41, 5.74) is 8.69. The molecule has 13 heteroatoms. The van der Waals surface area contributed by atoms with Gasteiger partial charge in [0, 0.05) is 72.2 Å². The molecular weight excluding hydrogens is 614 g/mol. The fourth-order valence-electron chi connectivity index (χ4n) is 5.07. The molecule has 7 N–H and O–H groups in total. The van der Waals surface area contributed by atoms with E-state index < -0.39 is 17.9 Å². The molecule has 0 aliphatic carbocycles. The number of hydrogen-bond acceptors (Lipinski definition) is 8. The number of nitrogens with one attached hydrogen (secondary N) is 4. The number of carboxylic acid groups (broad SMARTS) is 3. The molecule has 4 heterocycles. The minimum Gasteiger partial charge on any atom is -0.481 e. The van der Waals surface area contributed by atoms with Crippen molar-refractivity contribution in [1.82, 2.24) is 25.6 Å². The van der Waals surface area contributed by atoms with E-state index in [-0.39, 0.29) is 0 Å². The first-order valence-electron chi connectivity index (χ1n) is 15.2. The molecule has 3 aromatic carbocycles. The van der Waals surface area contributed by atoms with Crippen molar-refractivity contribution in [2.24, 2.45) is 9.98 Å². The molecule has 0 saturated heterocycles. The minimum absolute atomic E-state index is 0.383. The van der Waals surface area contributed by atoms with E-state index in [1.54, 1.807) is 0 Å². The molecule has 2 aromatic heterocycles. The minimum atomic E-state index is -0.833. The Balaban J connectivity index is 0.000000378. The number of nitrogens with zero attached hydrogens (tertiary/aromatic N) is 3. The SMILES string of the molecule is CC(=O)O.CC(=O)O.CC(=O)O.CC1CN=C(c2ccc3nc(-c4ccc(-c5c[nH]c6cc(C7=NCC(C)N7)ccc56)cc4)[nH]c3c2)N1. The normalized spacial score (nSPS) is 16.1. The molecule has 2 atom stereocenters. The van der Waals surface area contributed by atoms with Crippen LogP contribution in [0.15, 0.2) is 76.8 Å². The number of benzene rings is 3. The lowest BCUT2D eigenvalue weighted by atomic mass is 10.0. The largest absolute Gasteiger partial charge is 0.481 e. The Morgan fingerprint density at radius 3 is 1.62 bits per heavy atom. The third-order valence-corrected chi connectivity index (χ3v) is 6.99. The highest BCUT2D eigenvalue weighted by Crippen LogP contribution is 2.31. The van der Waals surface area contributed by atoms with Gasteiger partial charge in [0.25, 0.3) is 17.9 Å². The molecule has 7 rings (SSSR count). The van der Waals surface area contributed by atoms with Crippen LogP contribution in [0.3, 0.4) is 0 Å². The summed E-state index contributed by atoms with van der Waals surface area (Å²) in [7, 11) is 0. The number of amidine groups is 2. The summed E-state index contributed by atoms with van der Waals surface area (Å²) < 4.78 is 0. The van der Waals surface area contributed by atoms with Crippen LogP contribution in [-0.4, -0.2) is 85.0 Å². The van der Waals surface area contributed by atoms with Gasteiger partial charge in [-0.3, -0.25) is 24.4 Å². The number of rotatable bonds is 4. The summed E-state index contributed by atoms with van der Waals surface area (Å²) in [5, 5.41) is 30.3. The monoisotopic (exact) mass is 653 g/mol. The number of aromatic nitrogens is 3. The van der Waals surface area contributed by atoms with Gasteiger partial charge in [0.2, 0.25) is 0 Å². The molecule has 48 heavy (non-hydrogen) atoms. The van der Waals surface area contributed by atoms with E-state index in [9.17, 15) is 0 Å². The number of carboxylic acids is 3. The van der Waals surface area contributed by atoms with E-state index in [0.717, 1.165) is 84.6 Å². The van der Waals surface area contributed by atoms with Crippen molar-refractivity contribution < 1.29 is 29.7 Å². The van der Waals surface area contributed by atoms with Gasteiger partial charge in [-0.2, -0.15) is 0 Å². The van der Waals surface area contributed by atoms with E-state index in [0.29, 0.717) is 12.1 Å². The topological polar surface area (TPSA) is 205 Å². The summed E-state index contributed by atoms with van der Waals surface area (Å²) in [4.78, 5) is 48.0. The van der Waals surface area contributed by atoms with Crippen LogP contribution in [0.25, 0.3) is 44.5 Å². The number of hydrogen-bond donors (Lipinski definition) is 7. The summed E-state index contributed by atoms with van der Waals surface area (Å²) in [6.45, 7) is 9.19. The highest BCUT2D eigenvalue weighted by Gasteiger charge is 2.17. The molecule has 0 radical (unpaired) electrons. The number of aliphatic carboxylic acids is 3. The maximum Gasteiger partial charge on any atom is 0.300 e. The highest BCUT2D eigenvalue weighted by molar-refractivity contribution is 6.05. The molecule has 2 unspecified atom stereocenters. The van der Waals surface area contributed by atoms with E-state index in [1.807, 2.05) is 0 Å². The van der Waals surface area contributed by atoms with Gasteiger partial charge >= 0.3 is 0 Å². The number of imidazole rings is 1. The van der Waals surface area contributed by atoms with Crippen molar-refractivity contribution in [3.63, 3.8) is 0 Å². The number of aliphatic imine (C=N–C) groups is 2. The van der Waals surface area contributed by atoms with Crippen LogP contribution in [0.1, 0.15) is 45.7 Å². The second-order valence-corrected chi connectivity index (χ2v) is 11.4. The van der Waals surface area contributed by atoms with Crippen LogP contribution < -0.4 is 10.6 Å². The van der Waals surface area contributed by atoms with Crippen LogP contribution >= 0.6 is 0 Å². The Labute approximate surface area is 276 Å². The number of H-pyrrole nitrogens is 2. The zero-order valence-electron chi connectivity index (χ0n) is 27.3. The molecule has 5 aromatic rings. The lowest BCUT2D eigenvalue weighted by Gasteiger charge is -2.06. The van der Waals surface area contributed by atoms with Gasteiger partial charge in [-0.25, -0.2) is 4.98 Å². The van der Waals surface area contributed by atoms with Gasteiger partial charge in [0.1, 0.15) is 17.5 Å². The zero-order chi connectivity index (χ0) is 35.0. The Morgan fingerprint density at radius 1 is 0.667 bits per heavy atom. The van der Waals surface area contributed by atoms with E-state index >= 15 is 0 Å². The van der Waals surface area contributed by atoms with Gasteiger partial charge in [-0.1, -0.05) is 36.4 Å². The fourth-order valence-corrected chi connectivity index (χ4v) is 5.07. The second kappa shape index (κ2) is 15.5. The van der Waals surface area contributed by atoms with Crippen LogP contribution in [0.4, 0.5) is 0 Å². The lowest BCUT2D eigenvalue weighted by molar-refractivity contribution is -0.135. The van der Waals surface area contributed by atoms with Crippen LogP contribution in [0, 0.1) is 0 Å². The van der Waals surface area contributed by atoms with Crippen LogP contribution in [-0.2, 0) is 14.4 Å². The lowest BCUT2D eigenvalue weighted by Crippen LogP contribution is -2.27. The predicted octanol–water partition coefficient (Wildman–Crippen LogP) is 5.13. The third-order valence-electron chi connectivity index (χ3n) is 6.99. The first-order valence-corrected chi connectivity index (χ1v) is 15.2. The van der Waals surface area contributed by atoms with Gasteiger partial charge in [-0.15, -0.1) is 0 Å². The molecule has 250 valence electrons. The standard InChI is InChI=1S/C29H27N7.3C2H4O2/c1-16-13-31-27(33-16)20-7-9-22-23(15-30-25(22)11-20)18-3-5-19(6-4-18)29-35-24-10-8-21(12-26(24)36-29)28-32-14-17(2)34-28;3*1-2(3)4/h3-12,15-17,30H,13-14H2,1-2H3,(H,31,33)(H,32,34)(H,35,36);3*1H3,(H,3,4). The van der Waals surface area contributed by atoms with Crippen molar-refractivity contribution in [1.29, 1.82) is 0 Å². The third kappa shape index (κ3) is 9.28. The Kier molecular flexibility index (Phi) is 11.3. The first-order chi connectivity index (χ1) is 22.8. The van der Waals surface area contributed by atoms with Gasteiger partial charge in [-0.05, 0) is 43.7 Å². The molecule has 0 amide bonds. The van der Waals surface area contributed by atoms with Crippen molar-refractivity contribution in [2.75, 3.05) is 13.1 Å². The summed E-state index contributed by atoms with van der Waals surface area (Å²) in [6, 6.07) is 22.1. The number of carbonyl (C=O) groups is 3. The molecule has 0 bridgehead atoms. The molecule has 0 fully saturated rings. The van der Waals surface area contributed by atoms with Crippen molar-refractivity contribution in [2.45, 2.75) is 46.7 Å². The maximum atomic E-state index is 9.00. The molecule has 0 saturated carbocycles. The summed E-state index contributed by atoms with van der Waals surface area (Å²) in [6.07, 6.45) is 2.08. The molecule has 2 aliphatic rings. The zero-order valence-corrected chi connectivity index (χ0v) is 27.3. The van der Waals surface area contributed by atoms with Crippen LogP contribution in [0.5, 0.6) is 0 Å². The van der Waals surface area contributed by atoms with E-state index in [1.165, 1.54) is 16.5 Å². The Morgan fingerprint density at radius 2 is 1.12 bits per heavy atom. The van der Waals surface area contributed by atoms with Crippen LogP contribution in [0.2, 0.25) is 0 Å². The number of aromatic amines is 2. The summed E-state index contributed by atoms with van der Waals surface area (Å²) >= 11 is 0. The molecular formula is C35H39N7O6. The molecule has 0 spiro atoms. The smallest absolute Gasteiger partial charge is 0.300 e. The van der Waals surface area contributed by atoms with Crippen molar-refractivity contribution in [3.05, 3.63) is 78.0 Å². The van der Waals surface area contributed by atoms with Crippen molar-refractivity contribution >= 4 is 51.5 Å². The van der Waals surface area contributed by atoms with Gasteiger partial charge in [0.15, 0.2) is 0 Å². The molecule has 13 nitrogen and oxygen atoms in total. The van der Waals surface area contributed by atoms with Gasteiger partial charge < -0.3 is 35.9 Å². The highest BCUT2D eigenvalue weighted by atomic mass is 16.4. The average molecular weight is 654 g/mol. The van der Waals surface area contributed by atoms with E-state index in [2.05, 4.69) is 111 Å². The first kappa shape index (κ1) is 34.9. The Bertz CT molecular complexity index is 1950. The average Bonchev–Trinajstić information content (AvgIpc) is 3.82. The predicted molar refractivity (Wildman–Crippen MR) is 187 cm³/mol. The number of fused-ring (bicyclic) bond motifs is 2. The quantitative estimate of drug-likeness (QED) is 0.137. The van der Waals surface area contributed by atoms with Gasteiger partial charge in [0.05, 0.1) is 24.1 Å². The summed E-state index contributed by atoms with van der Waals surface area (Å²) in [5.74, 6) is 0.300. The van der Waals surface area contributed by atoms with Crippen molar-refractivity contribution in [3.8, 4) is 22.5 Å². The fraction of sp³-hybridized carbons (Fsp3) is 0.257. The Hall–Kier alpha value is -5.98.